The van der Waals surface area contributed by atoms with E-state index in [4.69, 9.17) is 4.74 Å². The highest BCUT2D eigenvalue weighted by molar-refractivity contribution is 5.44. The fourth-order valence-electron chi connectivity index (χ4n) is 1.86. The van der Waals surface area contributed by atoms with Crippen LogP contribution in [0.25, 0.3) is 0 Å². The highest BCUT2D eigenvalue weighted by atomic mass is 16.5. The summed E-state index contributed by atoms with van der Waals surface area (Å²) in [5.41, 5.74) is 1.23. The molecule has 1 heteroatoms. The highest BCUT2D eigenvalue weighted by Crippen LogP contribution is 2.39. The number of hydrogen-bond acceptors (Lipinski definition) is 1. The normalized spacial score (nSPS) is 27.4. The summed E-state index contributed by atoms with van der Waals surface area (Å²) in [5.74, 6) is 1.24. The van der Waals surface area contributed by atoms with Gasteiger partial charge in [-0.2, -0.15) is 0 Å². The van der Waals surface area contributed by atoms with Crippen molar-refractivity contribution in [3.63, 3.8) is 0 Å². The maximum Gasteiger partial charge on any atom is 0.175 e. The summed E-state index contributed by atoms with van der Waals surface area (Å²) in [4.78, 5) is 0. The molecular formula is C12H8O. The van der Waals surface area contributed by atoms with Crippen molar-refractivity contribution in [1.82, 2.24) is 0 Å². The van der Waals surface area contributed by atoms with Gasteiger partial charge in [0.1, 0.15) is 6.10 Å². The Labute approximate surface area is 77.3 Å². The fraction of sp³-hybridized carbons (Fsp3) is 0.167. The van der Waals surface area contributed by atoms with Gasteiger partial charge >= 0.3 is 0 Å². The van der Waals surface area contributed by atoms with Crippen molar-refractivity contribution < 1.29 is 4.74 Å². The van der Waals surface area contributed by atoms with Gasteiger partial charge in [-0.05, 0) is 24.3 Å². The summed E-state index contributed by atoms with van der Waals surface area (Å²) in [6.45, 7) is 0. The topological polar surface area (TPSA) is 9.23 Å². The van der Waals surface area contributed by atoms with Crippen molar-refractivity contribution in [2.45, 2.75) is 12.0 Å². The molecule has 1 aromatic rings. The molecule has 0 fully saturated rings. The number of allylic oxidation sites excluding steroid dienone is 2. The van der Waals surface area contributed by atoms with Gasteiger partial charge < -0.3 is 4.74 Å². The molecule has 2 atom stereocenters. The van der Waals surface area contributed by atoms with Crippen molar-refractivity contribution in [1.29, 1.82) is 0 Å². The second kappa shape index (κ2) is 2.40. The van der Waals surface area contributed by atoms with E-state index in [2.05, 4.69) is 36.4 Å². The molecule has 2 unspecified atom stereocenters. The Morgan fingerprint density at radius 1 is 1.23 bits per heavy atom. The minimum atomic E-state index is 0.173. The van der Waals surface area contributed by atoms with Crippen molar-refractivity contribution in [2.75, 3.05) is 0 Å². The average Bonchev–Trinajstić information content (AvgIpc) is 2.56. The second-order valence-electron chi connectivity index (χ2n) is 3.27. The van der Waals surface area contributed by atoms with Crippen LogP contribution in [0.4, 0.5) is 0 Å². The van der Waals surface area contributed by atoms with Crippen molar-refractivity contribution >= 4 is 0 Å². The molecule has 1 aromatic carbocycles. The van der Waals surface area contributed by atoms with Gasteiger partial charge in [0.25, 0.3) is 0 Å². The van der Waals surface area contributed by atoms with E-state index < -0.39 is 0 Å². The van der Waals surface area contributed by atoms with Gasteiger partial charge in [0, 0.05) is 11.5 Å². The predicted octanol–water partition coefficient (Wildman–Crippen LogP) is 2.26. The van der Waals surface area contributed by atoms with Crippen LogP contribution in [-0.4, -0.2) is 6.10 Å². The Hall–Kier alpha value is -1.68. The average molecular weight is 168 g/mol. The van der Waals surface area contributed by atoms with Gasteiger partial charge in [-0.1, -0.05) is 24.3 Å². The van der Waals surface area contributed by atoms with E-state index in [1.54, 1.807) is 0 Å². The first-order valence-electron chi connectivity index (χ1n) is 4.39. The van der Waals surface area contributed by atoms with Crippen LogP contribution >= 0.6 is 0 Å². The molecule has 0 amide bonds. The predicted molar refractivity (Wildman–Crippen MR) is 49.6 cm³/mol. The van der Waals surface area contributed by atoms with Crippen molar-refractivity contribution in [3.05, 3.63) is 54.1 Å². The molecule has 1 aliphatic carbocycles. The first-order chi connectivity index (χ1) is 6.45. The van der Waals surface area contributed by atoms with Crippen molar-refractivity contribution in [2.24, 2.45) is 0 Å². The first kappa shape index (κ1) is 6.80. The SMILES string of the molecule is c1ccc2c(c#1)OC1C=CC=CC21. The Kier molecular flexibility index (Phi) is 1.26. The van der Waals surface area contributed by atoms with Crippen LogP contribution in [0.3, 0.4) is 0 Å². The lowest BCUT2D eigenvalue weighted by molar-refractivity contribution is 0.269. The molecular weight excluding hydrogens is 160 g/mol. The quantitative estimate of drug-likeness (QED) is 0.577. The molecule has 0 radical (unpaired) electrons. The first-order valence-corrected chi connectivity index (χ1v) is 4.39. The van der Waals surface area contributed by atoms with Crippen LogP contribution in [0.1, 0.15) is 11.5 Å². The monoisotopic (exact) mass is 168 g/mol. The molecule has 3 rings (SSSR count). The molecule has 1 aliphatic heterocycles. The highest BCUT2D eigenvalue weighted by Gasteiger charge is 2.31. The van der Waals surface area contributed by atoms with E-state index in [1.165, 1.54) is 5.56 Å². The smallest absolute Gasteiger partial charge is 0.175 e. The summed E-state index contributed by atoms with van der Waals surface area (Å²) in [6, 6.07) is 9.84. The maximum atomic E-state index is 5.69. The molecule has 2 aliphatic rings. The molecule has 0 spiro atoms. The van der Waals surface area contributed by atoms with Crippen LogP contribution < -0.4 is 4.74 Å². The molecule has 0 saturated carbocycles. The Bertz CT molecular complexity index is 390. The van der Waals surface area contributed by atoms with E-state index in [1.807, 2.05) is 12.1 Å². The van der Waals surface area contributed by atoms with Crippen LogP contribution in [0.15, 0.2) is 36.4 Å². The van der Waals surface area contributed by atoms with Gasteiger partial charge in [-0.25, -0.2) is 0 Å². The summed E-state index contributed by atoms with van der Waals surface area (Å²) in [7, 11) is 0. The lowest BCUT2D eigenvalue weighted by atomic mass is 9.93. The molecule has 0 N–H and O–H groups in total. The fourth-order valence-corrected chi connectivity index (χ4v) is 1.86. The molecule has 13 heavy (non-hydrogen) atoms. The molecule has 0 aromatic heterocycles. The van der Waals surface area contributed by atoms with Gasteiger partial charge in [-0.15, -0.1) is 0 Å². The summed E-state index contributed by atoms with van der Waals surface area (Å²) in [5, 5.41) is 0. The molecule has 1 nitrogen and oxygen atoms in total. The number of rotatable bonds is 0. The lowest BCUT2D eigenvalue weighted by Gasteiger charge is -2.13. The van der Waals surface area contributed by atoms with E-state index in [0.717, 1.165) is 5.75 Å². The zero-order valence-corrected chi connectivity index (χ0v) is 7.03. The van der Waals surface area contributed by atoms with Gasteiger partial charge in [0.05, 0.1) is 0 Å². The molecule has 1 heterocycles. The summed E-state index contributed by atoms with van der Waals surface area (Å²) < 4.78 is 5.69. The van der Waals surface area contributed by atoms with Crippen LogP contribution in [0.5, 0.6) is 5.75 Å². The Morgan fingerprint density at radius 3 is 3.15 bits per heavy atom. The maximum absolute atomic E-state index is 5.69. The van der Waals surface area contributed by atoms with Crippen molar-refractivity contribution in [3.8, 4) is 5.75 Å². The number of fused-ring (bicyclic) bond motifs is 3. The van der Waals surface area contributed by atoms with E-state index in [9.17, 15) is 0 Å². The molecule has 62 valence electrons. The summed E-state index contributed by atoms with van der Waals surface area (Å²) in [6.07, 6.45) is 8.52. The van der Waals surface area contributed by atoms with Gasteiger partial charge in [0.15, 0.2) is 5.75 Å². The van der Waals surface area contributed by atoms with E-state index in [0.29, 0.717) is 5.92 Å². The van der Waals surface area contributed by atoms with Gasteiger partial charge in [0.2, 0.25) is 0 Å². The molecule has 0 bridgehead atoms. The third-order valence-electron chi connectivity index (χ3n) is 2.49. The number of ether oxygens (including phenoxy) is 1. The second-order valence-corrected chi connectivity index (χ2v) is 3.27. The van der Waals surface area contributed by atoms with Crippen LogP contribution in [-0.2, 0) is 0 Å². The van der Waals surface area contributed by atoms with E-state index in [-0.39, 0.29) is 6.10 Å². The standard InChI is InChI=1S/C12H8O/c1-3-7-11-9(5-1)10-6-2-4-8-12(10)13-11/h1-3,5-7,9,11H. The number of hydrogen-bond donors (Lipinski definition) is 0. The van der Waals surface area contributed by atoms with E-state index >= 15 is 0 Å². The van der Waals surface area contributed by atoms with Crippen LogP contribution in [0.2, 0.25) is 0 Å². The largest absolute Gasteiger partial charge is 0.477 e. The summed E-state index contributed by atoms with van der Waals surface area (Å²) >= 11 is 0. The lowest BCUT2D eigenvalue weighted by Crippen LogP contribution is -2.15. The Morgan fingerprint density at radius 2 is 2.15 bits per heavy atom. The Balaban J connectivity index is 2.12. The molecule has 0 saturated heterocycles. The minimum Gasteiger partial charge on any atom is -0.477 e. The zero-order valence-electron chi connectivity index (χ0n) is 7.03. The minimum absolute atomic E-state index is 0.173. The van der Waals surface area contributed by atoms with Gasteiger partial charge in [-0.3, -0.25) is 0 Å². The third-order valence-corrected chi connectivity index (χ3v) is 2.49. The van der Waals surface area contributed by atoms with Crippen LogP contribution in [0, 0.1) is 12.1 Å². The third kappa shape index (κ3) is 0.891. The zero-order chi connectivity index (χ0) is 8.67.